The predicted molar refractivity (Wildman–Crippen MR) is 164 cm³/mol. The first-order chi connectivity index (χ1) is 23.9. The molecule has 4 rings (SSSR count). The standard InChI is InChI=1S/C34H26ClF9N2O5/c1-49-29(47)3-2-12-50-24-8-4-19(5-9-24)17-32(28-11-7-22(35)18-45-28,21-14-23(36)16-25(15-21)51-34(43,44)31(38)39)46-30(48)20-6-10-27(37)26(13-20)33(40,41)42/h4-11,13-16,18,31H,2-3,12,17H2,1H3,(H,46,48). The lowest BCUT2D eigenvalue weighted by Crippen LogP contribution is -2.49. The fourth-order valence-electron chi connectivity index (χ4n) is 4.89. The van der Waals surface area contributed by atoms with E-state index in [0.717, 1.165) is 24.4 Å². The number of alkyl halides is 7. The summed E-state index contributed by atoms with van der Waals surface area (Å²) in [5, 5.41) is 2.56. The fraction of sp³-hybridized carbons (Fsp3) is 0.265. The molecule has 1 aromatic heterocycles. The van der Waals surface area contributed by atoms with E-state index in [1.54, 1.807) is 0 Å². The van der Waals surface area contributed by atoms with Crippen LogP contribution in [0.3, 0.4) is 0 Å². The highest BCUT2D eigenvalue weighted by atomic mass is 35.5. The molecule has 7 nitrogen and oxygen atoms in total. The lowest BCUT2D eigenvalue weighted by molar-refractivity contribution is -0.253. The van der Waals surface area contributed by atoms with Crippen molar-refractivity contribution in [2.24, 2.45) is 0 Å². The second-order valence-corrected chi connectivity index (χ2v) is 11.3. The number of halogens is 10. The van der Waals surface area contributed by atoms with Crippen molar-refractivity contribution in [3.8, 4) is 11.5 Å². The molecule has 272 valence electrons. The summed E-state index contributed by atoms with van der Waals surface area (Å²) in [6.07, 6.45) is -13.5. The van der Waals surface area contributed by atoms with Crippen LogP contribution < -0.4 is 14.8 Å². The minimum Gasteiger partial charge on any atom is -0.494 e. The zero-order valence-corrected chi connectivity index (χ0v) is 26.9. The molecule has 51 heavy (non-hydrogen) atoms. The molecule has 1 heterocycles. The average molecular weight is 749 g/mol. The van der Waals surface area contributed by atoms with Crippen molar-refractivity contribution in [2.75, 3.05) is 13.7 Å². The van der Waals surface area contributed by atoms with Gasteiger partial charge in [-0.05, 0) is 72.1 Å². The highest BCUT2D eigenvalue weighted by Gasteiger charge is 2.45. The van der Waals surface area contributed by atoms with E-state index in [1.165, 1.54) is 43.5 Å². The maximum Gasteiger partial charge on any atom is 0.461 e. The fourth-order valence-corrected chi connectivity index (χ4v) is 5.00. The topological polar surface area (TPSA) is 86.8 Å². The second-order valence-electron chi connectivity index (χ2n) is 10.9. The summed E-state index contributed by atoms with van der Waals surface area (Å²) in [5.74, 6) is -5.47. The smallest absolute Gasteiger partial charge is 0.461 e. The molecule has 1 N–H and O–H groups in total. The van der Waals surface area contributed by atoms with E-state index in [1.807, 2.05) is 0 Å². The van der Waals surface area contributed by atoms with Gasteiger partial charge in [0.2, 0.25) is 0 Å². The van der Waals surface area contributed by atoms with Crippen molar-refractivity contribution >= 4 is 23.5 Å². The Morgan fingerprint density at radius 2 is 1.61 bits per heavy atom. The number of carbonyl (C=O) groups is 2. The van der Waals surface area contributed by atoms with Crippen molar-refractivity contribution in [3.63, 3.8) is 0 Å². The maximum atomic E-state index is 15.1. The lowest BCUT2D eigenvalue weighted by Gasteiger charge is -2.36. The summed E-state index contributed by atoms with van der Waals surface area (Å²) in [4.78, 5) is 29.3. The molecular weight excluding hydrogens is 723 g/mol. The highest BCUT2D eigenvalue weighted by Crippen LogP contribution is 2.38. The number of nitrogens with zero attached hydrogens (tertiary/aromatic N) is 1. The number of amides is 1. The molecule has 0 saturated carbocycles. The monoisotopic (exact) mass is 748 g/mol. The summed E-state index contributed by atoms with van der Waals surface area (Å²) < 4.78 is 138. The number of rotatable bonds is 14. The zero-order valence-electron chi connectivity index (χ0n) is 26.2. The Morgan fingerprint density at radius 1 is 0.902 bits per heavy atom. The van der Waals surface area contributed by atoms with Crippen molar-refractivity contribution in [1.29, 1.82) is 0 Å². The number of hydrogen-bond acceptors (Lipinski definition) is 6. The Balaban J connectivity index is 1.86. The van der Waals surface area contributed by atoms with Gasteiger partial charge < -0.3 is 19.5 Å². The molecule has 3 aromatic carbocycles. The van der Waals surface area contributed by atoms with Crippen molar-refractivity contribution < 1.29 is 63.3 Å². The van der Waals surface area contributed by atoms with E-state index < -0.39 is 76.6 Å². The van der Waals surface area contributed by atoms with Crippen LogP contribution in [0.1, 0.15) is 45.6 Å². The number of carbonyl (C=O) groups excluding carboxylic acids is 2. The summed E-state index contributed by atoms with van der Waals surface area (Å²) in [7, 11) is 1.24. The number of pyridine rings is 1. The van der Waals surface area contributed by atoms with E-state index in [-0.39, 0.29) is 29.8 Å². The van der Waals surface area contributed by atoms with Crippen LogP contribution in [0, 0.1) is 11.6 Å². The molecule has 1 unspecified atom stereocenters. The number of benzene rings is 3. The Labute approximate surface area is 289 Å². The van der Waals surface area contributed by atoms with E-state index in [4.69, 9.17) is 16.3 Å². The summed E-state index contributed by atoms with van der Waals surface area (Å²) in [6, 6.07) is 11.7. The van der Waals surface area contributed by atoms with Gasteiger partial charge in [0.25, 0.3) is 5.91 Å². The third-order valence-corrected chi connectivity index (χ3v) is 7.54. The van der Waals surface area contributed by atoms with Crippen LogP contribution in [0.2, 0.25) is 5.02 Å². The Morgan fingerprint density at radius 3 is 2.22 bits per heavy atom. The van der Waals surface area contributed by atoms with Gasteiger partial charge in [-0.3, -0.25) is 14.6 Å². The SMILES string of the molecule is COC(=O)CCCOc1ccc(CC(NC(=O)c2ccc(F)c(C(F)(F)F)c2)(c2cc(F)cc(OC(F)(F)C(F)F)c2)c2ccc(Cl)cn2)cc1. The summed E-state index contributed by atoms with van der Waals surface area (Å²) in [5.41, 5.74) is -4.95. The van der Waals surface area contributed by atoms with Gasteiger partial charge >= 0.3 is 24.7 Å². The number of methoxy groups -OCH3 is 1. The molecule has 0 radical (unpaired) electrons. The first kappa shape index (κ1) is 38.8. The number of hydrogen-bond donors (Lipinski definition) is 1. The molecule has 1 amide bonds. The predicted octanol–water partition coefficient (Wildman–Crippen LogP) is 8.52. The van der Waals surface area contributed by atoms with Crippen LogP contribution in [-0.4, -0.2) is 43.1 Å². The number of aromatic nitrogens is 1. The molecule has 0 bridgehead atoms. The Bertz CT molecular complexity index is 1840. The van der Waals surface area contributed by atoms with E-state index in [0.29, 0.717) is 29.9 Å². The number of ether oxygens (including phenoxy) is 3. The minimum absolute atomic E-state index is 0.0703. The van der Waals surface area contributed by atoms with Crippen LogP contribution in [-0.2, 0) is 27.7 Å². The quantitative estimate of drug-likeness (QED) is 0.0791. The zero-order chi connectivity index (χ0) is 37.6. The van der Waals surface area contributed by atoms with Crippen LogP contribution in [0.4, 0.5) is 39.5 Å². The molecule has 0 spiro atoms. The average Bonchev–Trinajstić information content (AvgIpc) is 3.06. The first-order valence-electron chi connectivity index (χ1n) is 14.7. The van der Waals surface area contributed by atoms with Crippen LogP contribution >= 0.6 is 11.6 Å². The summed E-state index contributed by atoms with van der Waals surface area (Å²) in [6.45, 7) is 0.121. The van der Waals surface area contributed by atoms with E-state index >= 15 is 4.39 Å². The van der Waals surface area contributed by atoms with Gasteiger partial charge in [-0.1, -0.05) is 23.7 Å². The third-order valence-electron chi connectivity index (χ3n) is 7.31. The van der Waals surface area contributed by atoms with Crippen molar-refractivity contribution in [2.45, 2.75) is 43.5 Å². The Hall–Kier alpha value is -4.99. The molecule has 1 atom stereocenters. The van der Waals surface area contributed by atoms with Crippen molar-refractivity contribution in [3.05, 3.63) is 124 Å². The van der Waals surface area contributed by atoms with E-state index in [2.05, 4.69) is 19.8 Å². The Kier molecular flexibility index (Phi) is 12.1. The minimum atomic E-state index is -5.21. The van der Waals surface area contributed by atoms with Gasteiger partial charge in [0.15, 0.2) is 0 Å². The maximum absolute atomic E-state index is 15.1. The molecule has 0 saturated heterocycles. The summed E-state index contributed by atoms with van der Waals surface area (Å²) >= 11 is 6.03. The lowest BCUT2D eigenvalue weighted by atomic mass is 9.80. The van der Waals surface area contributed by atoms with Gasteiger partial charge in [0.05, 0.1) is 30.0 Å². The largest absolute Gasteiger partial charge is 0.494 e. The van der Waals surface area contributed by atoms with Crippen LogP contribution in [0.15, 0.2) is 79.0 Å². The third kappa shape index (κ3) is 9.84. The normalized spacial score (nSPS) is 13.0. The van der Waals surface area contributed by atoms with Gasteiger partial charge in [-0.25, -0.2) is 8.78 Å². The van der Waals surface area contributed by atoms with Crippen LogP contribution in [0.5, 0.6) is 11.5 Å². The molecule has 0 aliphatic carbocycles. The van der Waals surface area contributed by atoms with Gasteiger partial charge in [0.1, 0.15) is 28.7 Å². The second kappa shape index (κ2) is 15.9. The molecule has 0 fully saturated rings. The first-order valence-corrected chi connectivity index (χ1v) is 15.1. The highest BCUT2D eigenvalue weighted by molar-refractivity contribution is 6.30. The van der Waals surface area contributed by atoms with E-state index in [9.17, 15) is 44.7 Å². The molecule has 4 aromatic rings. The molecule has 0 aliphatic rings. The van der Waals surface area contributed by atoms with Gasteiger partial charge in [0, 0.05) is 30.7 Å². The number of esters is 1. The van der Waals surface area contributed by atoms with Gasteiger partial charge in [-0.15, -0.1) is 0 Å². The van der Waals surface area contributed by atoms with Crippen molar-refractivity contribution in [1.82, 2.24) is 10.3 Å². The van der Waals surface area contributed by atoms with Gasteiger partial charge in [-0.2, -0.15) is 30.7 Å². The molecule has 0 aliphatic heterocycles. The number of nitrogens with one attached hydrogen (secondary N) is 1. The molecular formula is C34H26ClF9N2O5. The van der Waals surface area contributed by atoms with Crippen LogP contribution in [0.25, 0.3) is 0 Å². The molecule has 17 heteroatoms.